The standard InChI is InChI=1S/C31H35N3O4/c1-4-19-38-27-14-13-23(20-28(27)37-3)21-34-30(35)25-11-8-12-26(29(25)31(34)36)33-17-15-32(16-18-33)22(2)24-9-6-5-7-10-24/h5-14,20,22H,4,15-19,21H2,1-3H3. The minimum absolute atomic E-state index is 0.179. The molecule has 2 heterocycles. The minimum atomic E-state index is -0.256. The molecule has 0 N–H and O–H groups in total. The SMILES string of the molecule is CCCOc1ccc(CN2C(=O)c3cccc(N4CCN(C(C)c5ccccc5)CC4)c3C2=O)cc1OC. The van der Waals surface area contributed by atoms with E-state index in [9.17, 15) is 9.59 Å². The summed E-state index contributed by atoms with van der Waals surface area (Å²) in [7, 11) is 1.59. The van der Waals surface area contributed by atoms with Gasteiger partial charge < -0.3 is 14.4 Å². The molecular formula is C31H35N3O4. The Hall–Kier alpha value is -3.84. The van der Waals surface area contributed by atoms with Gasteiger partial charge in [0, 0.05) is 32.2 Å². The fourth-order valence-corrected chi connectivity index (χ4v) is 5.34. The highest BCUT2D eigenvalue weighted by Crippen LogP contribution is 2.35. The summed E-state index contributed by atoms with van der Waals surface area (Å²) in [5, 5.41) is 0. The van der Waals surface area contributed by atoms with Crippen molar-refractivity contribution in [2.75, 3.05) is 44.8 Å². The summed E-state index contributed by atoms with van der Waals surface area (Å²) in [6.45, 7) is 8.42. The summed E-state index contributed by atoms with van der Waals surface area (Å²) in [5.74, 6) is 0.749. The minimum Gasteiger partial charge on any atom is -0.493 e. The molecule has 0 aliphatic carbocycles. The first-order valence-corrected chi connectivity index (χ1v) is 13.3. The molecule has 0 aromatic heterocycles. The zero-order chi connectivity index (χ0) is 26.6. The van der Waals surface area contributed by atoms with Crippen LogP contribution in [0.2, 0.25) is 0 Å². The second kappa shape index (κ2) is 11.3. The lowest BCUT2D eigenvalue weighted by molar-refractivity contribution is 0.0642. The van der Waals surface area contributed by atoms with Crippen LogP contribution in [-0.4, -0.2) is 61.5 Å². The first kappa shape index (κ1) is 25.8. The number of hydrogen-bond donors (Lipinski definition) is 0. The highest BCUT2D eigenvalue weighted by Gasteiger charge is 2.39. The van der Waals surface area contributed by atoms with Gasteiger partial charge in [0.1, 0.15) is 0 Å². The van der Waals surface area contributed by atoms with Gasteiger partial charge in [-0.15, -0.1) is 0 Å². The molecule has 3 aromatic carbocycles. The van der Waals surface area contributed by atoms with E-state index in [0.717, 1.165) is 43.9 Å². The largest absolute Gasteiger partial charge is 0.493 e. The number of carbonyl (C=O) groups is 2. The zero-order valence-electron chi connectivity index (χ0n) is 22.4. The number of methoxy groups -OCH3 is 1. The average Bonchev–Trinajstić information content (AvgIpc) is 3.21. The van der Waals surface area contributed by atoms with Gasteiger partial charge in [0.2, 0.25) is 0 Å². The molecule has 0 saturated carbocycles. The van der Waals surface area contributed by atoms with Crippen molar-refractivity contribution in [3.63, 3.8) is 0 Å². The van der Waals surface area contributed by atoms with Crippen LogP contribution in [0.25, 0.3) is 0 Å². The van der Waals surface area contributed by atoms with Crippen LogP contribution >= 0.6 is 0 Å². The van der Waals surface area contributed by atoms with Gasteiger partial charge in [-0.2, -0.15) is 0 Å². The van der Waals surface area contributed by atoms with Crippen LogP contribution in [-0.2, 0) is 6.54 Å². The van der Waals surface area contributed by atoms with Gasteiger partial charge in [-0.25, -0.2) is 0 Å². The van der Waals surface area contributed by atoms with Crippen molar-refractivity contribution in [1.29, 1.82) is 0 Å². The van der Waals surface area contributed by atoms with Crippen molar-refractivity contribution >= 4 is 17.5 Å². The van der Waals surface area contributed by atoms with Gasteiger partial charge in [0.05, 0.1) is 37.1 Å². The van der Waals surface area contributed by atoms with E-state index in [1.54, 1.807) is 13.2 Å². The molecular weight excluding hydrogens is 478 g/mol. The lowest BCUT2D eigenvalue weighted by Crippen LogP contribution is -2.47. The number of hydrogen-bond acceptors (Lipinski definition) is 6. The van der Waals surface area contributed by atoms with Crippen LogP contribution in [0.1, 0.15) is 58.2 Å². The number of nitrogens with zero attached hydrogens (tertiary/aromatic N) is 3. The fraction of sp³-hybridized carbons (Fsp3) is 0.355. The third-order valence-electron chi connectivity index (χ3n) is 7.49. The number of carbonyl (C=O) groups excluding carboxylic acids is 2. The summed E-state index contributed by atoms with van der Waals surface area (Å²) in [6.07, 6.45) is 0.892. The average molecular weight is 514 g/mol. The normalized spacial score (nSPS) is 16.5. The molecule has 1 saturated heterocycles. The van der Waals surface area contributed by atoms with Crippen molar-refractivity contribution in [1.82, 2.24) is 9.80 Å². The van der Waals surface area contributed by atoms with Crippen LogP contribution in [0.5, 0.6) is 11.5 Å². The third kappa shape index (κ3) is 4.98. The molecule has 1 unspecified atom stereocenters. The number of anilines is 1. The molecule has 3 aromatic rings. The lowest BCUT2D eigenvalue weighted by atomic mass is 10.0. The predicted molar refractivity (Wildman–Crippen MR) is 148 cm³/mol. The molecule has 2 aliphatic rings. The van der Waals surface area contributed by atoms with E-state index in [2.05, 4.69) is 41.0 Å². The van der Waals surface area contributed by atoms with Crippen molar-refractivity contribution in [3.05, 3.63) is 89.0 Å². The van der Waals surface area contributed by atoms with Crippen LogP contribution in [0.3, 0.4) is 0 Å². The van der Waals surface area contributed by atoms with E-state index in [0.29, 0.717) is 35.3 Å². The second-order valence-electron chi connectivity index (χ2n) is 9.84. The van der Waals surface area contributed by atoms with E-state index < -0.39 is 0 Å². The van der Waals surface area contributed by atoms with Crippen molar-refractivity contribution in [2.24, 2.45) is 0 Å². The number of ether oxygens (including phenoxy) is 2. The van der Waals surface area contributed by atoms with Crippen LogP contribution in [0.4, 0.5) is 5.69 Å². The Morgan fingerprint density at radius 3 is 2.34 bits per heavy atom. The van der Waals surface area contributed by atoms with Crippen LogP contribution in [0, 0.1) is 0 Å². The van der Waals surface area contributed by atoms with Gasteiger partial charge in [-0.05, 0) is 48.7 Å². The quantitative estimate of drug-likeness (QED) is 0.368. The van der Waals surface area contributed by atoms with Crippen LogP contribution < -0.4 is 14.4 Å². The number of piperazine rings is 1. The van der Waals surface area contributed by atoms with Gasteiger partial charge in [0.15, 0.2) is 11.5 Å². The highest BCUT2D eigenvalue weighted by atomic mass is 16.5. The summed E-state index contributed by atoms with van der Waals surface area (Å²) in [6, 6.07) is 22.0. The highest BCUT2D eigenvalue weighted by molar-refractivity contribution is 6.23. The fourth-order valence-electron chi connectivity index (χ4n) is 5.34. The van der Waals surface area contributed by atoms with Gasteiger partial charge >= 0.3 is 0 Å². The van der Waals surface area contributed by atoms with E-state index in [1.165, 1.54) is 10.5 Å². The van der Waals surface area contributed by atoms with Gasteiger partial charge in [-0.1, -0.05) is 49.4 Å². The van der Waals surface area contributed by atoms with Gasteiger partial charge in [0.25, 0.3) is 11.8 Å². The lowest BCUT2D eigenvalue weighted by Gasteiger charge is -2.39. The number of amides is 2. The van der Waals surface area contributed by atoms with E-state index in [1.807, 2.05) is 43.3 Å². The molecule has 1 fully saturated rings. The van der Waals surface area contributed by atoms with Crippen molar-refractivity contribution in [3.8, 4) is 11.5 Å². The smallest absolute Gasteiger partial charge is 0.263 e. The number of rotatable bonds is 9. The summed E-state index contributed by atoms with van der Waals surface area (Å²) >= 11 is 0. The Morgan fingerprint density at radius 1 is 0.868 bits per heavy atom. The van der Waals surface area contributed by atoms with Crippen molar-refractivity contribution in [2.45, 2.75) is 32.9 Å². The third-order valence-corrected chi connectivity index (χ3v) is 7.49. The van der Waals surface area contributed by atoms with Gasteiger partial charge in [-0.3, -0.25) is 19.4 Å². The molecule has 38 heavy (non-hydrogen) atoms. The molecule has 7 nitrogen and oxygen atoms in total. The summed E-state index contributed by atoms with van der Waals surface area (Å²) in [5.41, 5.74) is 3.94. The summed E-state index contributed by atoms with van der Waals surface area (Å²) < 4.78 is 11.2. The van der Waals surface area contributed by atoms with E-state index in [-0.39, 0.29) is 18.4 Å². The summed E-state index contributed by atoms with van der Waals surface area (Å²) in [4.78, 5) is 33.0. The maximum absolute atomic E-state index is 13.6. The molecule has 2 amide bonds. The molecule has 5 rings (SSSR count). The zero-order valence-corrected chi connectivity index (χ0v) is 22.4. The molecule has 2 aliphatic heterocycles. The Kier molecular flexibility index (Phi) is 7.65. The first-order valence-electron chi connectivity index (χ1n) is 13.3. The number of fused-ring (bicyclic) bond motifs is 1. The van der Waals surface area contributed by atoms with Crippen molar-refractivity contribution < 1.29 is 19.1 Å². The van der Waals surface area contributed by atoms with E-state index in [4.69, 9.17) is 9.47 Å². The van der Waals surface area contributed by atoms with Crippen LogP contribution in [0.15, 0.2) is 66.7 Å². The molecule has 7 heteroatoms. The Morgan fingerprint density at radius 2 is 1.63 bits per heavy atom. The Balaban J connectivity index is 1.31. The predicted octanol–water partition coefficient (Wildman–Crippen LogP) is 5.16. The second-order valence-corrected chi connectivity index (χ2v) is 9.84. The first-order chi connectivity index (χ1) is 18.5. The maximum atomic E-state index is 13.6. The molecule has 0 bridgehead atoms. The Bertz CT molecular complexity index is 1300. The molecule has 1 atom stereocenters. The maximum Gasteiger partial charge on any atom is 0.263 e. The van der Waals surface area contributed by atoms with E-state index >= 15 is 0 Å². The molecule has 0 radical (unpaired) electrons. The monoisotopic (exact) mass is 513 g/mol. The Labute approximate surface area is 224 Å². The number of benzene rings is 3. The number of imide groups is 1. The topological polar surface area (TPSA) is 62.3 Å². The molecule has 0 spiro atoms. The molecule has 198 valence electrons.